The van der Waals surface area contributed by atoms with Crippen LogP contribution in [0.5, 0.6) is 0 Å². The lowest BCUT2D eigenvalue weighted by atomic mass is 9.89. The molecule has 2 atom stereocenters. The lowest BCUT2D eigenvalue weighted by Gasteiger charge is -2.39. The molecule has 2 unspecified atom stereocenters. The summed E-state index contributed by atoms with van der Waals surface area (Å²) in [5.74, 6) is 2.28. The van der Waals surface area contributed by atoms with Gasteiger partial charge in [-0.2, -0.15) is 0 Å². The first-order chi connectivity index (χ1) is 9.51. The zero-order chi connectivity index (χ0) is 15.0. The van der Waals surface area contributed by atoms with Crippen molar-refractivity contribution in [3.63, 3.8) is 0 Å². The van der Waals surface area contributed by atoms with Crippen molar-refractivity contribution in [2.75, 3.05) is 32.8 Å². The lowest BCUT2D eigenvalue weighted by Crippen LogP contribution is -2.50. The molecule has 0 spiro atoms. The summed E-state index contributed by atoms with van der Waals surface area (Å²) in [6.07, 6.45) is 4.68. The number of nitrogens with zero attached hydrogens (tertiary/aromatic N) is 1. The molecule has 1 rings (SSSR count). The van der Waals surface area contributed by atoms with Crippen LogP contribution in [0.2, 0.25) is 0 Å². The van der Waals surface area contributed by atoms with Gasteiger partial charge >= 0.3 is 0 Å². The molecule has 0 aromatic heterocycles. The Morgan fingerprint density at radius 3 is 2.50 bits per heavy atom. The van der Waals surface area contributed by atoms with Crippen LogP contribution < -0.4 is 5.32 Å². The number of likely N-dealkylation sites (tertiary alicyclic amines) is 1. The van der Waals surface area contributed by atoms with Crippen molar-refractivity contribution in [2.24, 2.45) is 17.8 Å². The molecule has 0 aromatic rings. The molecule has 1 aliphatic rings. The average molecular weight is 284 g/mol. The number of hydrogen-bond donors (Lipinski definition) is 2. The van der Waals surface area contributed by atoms with Gasteiger partial charge in [-0.15, -0.1) is 0 Å². The van der Waals surface area contributed by atoms with Gasteiger partial charge in [0.2, 0.25) is 0 Å². The van der Waals surface area contributed by atoms with Crippen LogP contribution in [0.15, 0.2) is 0 Å². The van der Waals surface area contributed by atoms with Crippen molar-refractivity contribution in [3.05, 3.63) is 0 Å². The summed E-state index contributed by atoms with van der Waals surface area (Å²) in [6.45, 7) is 14.3. The molecule has 1 saturated heterocycles. The van der Waals surface area contributed by atoms with Crippen LogP contribution in [0.3, 0.4) is 0 Å². The smallest absolute Gasteiger partial charge is 0.0431 e. The van der Waals surface area contributed by atoms with E-state index in [1.807, 2.05) is 0 Å². The molecule has 0 bridgehead atoms. The lowest BCUT2D eigenvalue weighted by molar-refractivity contribution is 0.118. The van der Waals surface area contributed by atoms with E-state index in [1.54, 1.807) is 0 Å². The number of aliphatic hydroxyl groups is 1. The van der Waals surface area contributed by atoms with Gasteiger partial charge in [-0.05, 0) is 50.0 Å². The minimum atomic E-state index is 0.339. The second-order valence-corrected chi connectivity index (χ2v) is 7.41. The number of rotatable bonds is 9. The highest BCUT2D eigenvalue weighted by Gasteiger charge is 2.26. The molecule has 3 heteroatoms. The van der Waals surface area contributed by atoms with E-state index in [2.05, 4.69) is 37.9 Å². The number of hydrogen-bond acceptors (Lipinski definition) is 3. The first kappa shape index (κ1) is 17.9. The molecule has 20 heavy (non-hydrogen) atoms. The van der Waals surface area contributed by atoms with E-state index >= 15 is 0 Å². The molecule has 2 N–H and O–H groups in total. The van der Waals surface area contributed by atoms with Gasteiger partial charge in [0.15, 0.2) is 0 Å². The molecule has 1 fully saturated rings. The fourth-order valence-electron chi connectivity index (χ4n) is 3.28. The summed E-state index contributed by atoms with van der Waals surface area (Å²) in [6, 6.07) is 0.643. The van der Waals surface area contributed by atoms with E-state index in [0.29, 0.717) is 12.6 Å². The third kappa shape index (κ3) is 7.61. The van der Waals surface area contributed by atoms with Crippen molar-refractivity contribution in [2.45, 2.75) is 59.4 Å². The van der Waals surface area contributed by atoms with Crippen molar-refractivity contribution >= 4 is 0 Å². The van der Waals surface area contributed by atoms with Gasteiger partial charge in [-0.3, -0.25) is 0 Å². The van der Waals surface area contributed by atoms with Gasteiger partial charge in [0, 0.05) is 32.3 Å². The summed E-state index contributed by atoms with van der Waals surface area (Å²) in [4.78, 5) is 2.63. The van der Waals surface area contributed by atoms with Crippen LogP contribution in [0.4, 0.5) is 0 Å². The molecule has 1 aliphatic heterocycles. The van der Waals surface area contributed by atoms with Gasteiger partial charge in [0.05, 0.1) is 0 Å². The quantitative estimate of drug-likeness (QED) is 0.683. The molecular formula is C17H36N2O. The first-order valence-corrected chi connectivity index (χ1v) is 8.57. The summed E-state index contributed by atoms with van der Waals surface area (Å²) in [5, 5.41) is 12.8. The Balaban J connectivity index is 2.41. The minimum absolute atomic E-state index is 0.339. The van der Waals surface area contributed by atoms with Crippen LogP contribution in [-0.2, 0) is 0 Å². The van der Waals surface area contributed by atoms with Gasteiger partial charge in [-0.25, -0.2) is 0 Å². The molecule has 0 aliphatic carbocycles. The molecule has 0 aromatic carbocycles. The summed E-state index contributed by atoms with van der Waals surface area (Å²) in [5.41, 5.74) is 0. The second-order valence-electron chi connectivity index (χ2n) is 7.41. The monoisotopic (exact) mass is 284 g/mol. The fourth-order valence-corrected chi connectivity index (χ4v) is 3.28. The second kappa shape index (κ2) is 9.75. The molecular weight excluding hydrogens is 248 g/mol. The van der Waals surface area contributed by atoms with Crippen LogP contribution >= 0.6 is 0 Å². The SMILES string of the molecule is CC(C)CCNC1CC(CCCO)CN(CC(C)C)C1. The molecule has 1 heterocycles. The maximum Gasteiger partial charge on any atom is 0.0431 e. The van der Waals surface area contributed by atoms with Crippen molar-refractivity contribution in [1.29, 1.82) is 0 Å². The fraction of sp³-hybridized carbons (Fsp3) is 1.00. The maximum absolute atomic E-state index is 9.05. The number of aliphatic hydroxyl groups excluding tert-OH is 1. The Morgan fingerprint density at radius 1 is 1.15 bits per heavy atom. The highest BCUT2D eigenvalue weighted by molar-refractivity contribution is 4.84. The van der Waals surface area contributed by atoms with Crippen molar-refractivity contribution in [3.8, 4) is 0 Å². The molecule has 0 amide bonds. The van der Waals surface area contributed by atoms with E-state index < -0.39 is 0 Å². The van der Waals surface area contributed by atoms with Gasteiger partial charge in [-0.1, -0.05) is 27.7 Å². The Labute approximate surface area is 126 Å². The van der Waals surface area contributed by atoms with Crippen LogP contribution in [-0.4, -0.2) is 48.8 Å². The molecule has 0 radical (unpaired) electrons. The summed E-state index contributed by atoms with van der Waals surface area (Å²) in [7, 11) is 0. The number of nitrogens with one attached hydrogen (secondary N) is 1. The molecule has 120 valence electrons. The Bertz CT molecular complexity index is 243. The first-order valence-electron chi connectivity index (χ1n) is 8.57. The van der Waals surface area contributed by atoms with Crippen molar-refractivity contribution in [1.82, 2.24) is 10.2 Å². The minimum Gasteiger partial charge on any atom is -0.396 e. The van der Waals surface area contributed by atoms with E-state index in [0.717, 1.165) is 30.7 Å². The third-order valence-corrected chi connectivity index (χ3v) is 4.16. The summed E-state index contributed by atoms with van der Waals surface area (Å²) >= 11 is 0. The van der Waals surface area contributed by atoms with Crippen molar-refractivity contribution < 1.29 is 5.11 Å². The largest absolute Gasteiger partial charge is 0.396 e. The van der Waals surface area contributed by atoms with Gasteiger partial charge in [0.1, 0.15) is 0 Å². The number of piperidine rings is 1. The average Bonchev–Trinajstić information content (AvgIpc) is 2.35. The molecule has 3 nitrogen and oxygen atoms in total. The summed E-state index contributed by atoms with van der Waals surface area (Å²) < 4.78 is 0. The molecule has 0 saturated carbocycles. The predicted octanol–water partition coefficient (Wildman–Crippen LogP) is 2.74. The Kier molecular flexibility index (Phi) is 8.74. The standard InChI is InChI=1S/C17H36N2O/c1-14(2)7-8-18-17-10-16(6-5-9-20)12-19(13-17)11-15(3)4/h14-18,20H,5-13H2,1-4H3. The van der Waals surface area contributed by atoms with E-state index in [9.17, 15) is 0 Å². The topological polar surface area (TPSA) is 35.5 Å². The van der Waals surface area contributed by atoms with Crippen LogP contribution in [0, 0.1) is 17.8 Å². The van der Waals surface area contributed by atoms with E-state index in [4.69, 9.17) is 5.11 Å². The Morgan fingerprint density at radius 2 is 1.90 bits per heavy atom. The maximum atomic E-state index is 9.05. The van der Waals surface area contributed by atoms with E-state index in [1.165, 1.54) is 38.9 Å². The normalized spacial score (nSPS) is 24.8. The Hall–Kier alpha value is -0.120. The predicted molar refractivity (Wildman–Crippen MR) is 87.0 cm³/mol. The highest BCUT2D eigenvalue weighted by atomic mass is 16.2. The van der Waals surface area contributed by atoms with Gasteiger partial charge in [0.25, 0.3) is 0 Å². The highest BCUT2D eigenvalue weighted by Crippen LogP contribution is 2.22. The zero-order valence-electron chi connectivity index (χ0n) is 14.1. The third-order valence-electron chi connectivity index (χ3n) is 4.16. The van der Waals surface area contributed by atoms with Crippen LogP contribution in [0.25, 0.3) is 0 Å². The van der Waals surface area contributed by atoms with E-state index in [-0.39, 0.29) is 0 Å². The van der Waals surface area contributed by atoms with Gasteiger partial charge < -0.3 is 15.3 Å². The van der Waals surface area contributed by atoms with Crippen LogP contribution in [0.1, 0.15) is 53.4 Å². The zero-order valence-corrected chi connectivity index (χ0v) is 14.1.